The van der Waals surface area contributed by atoms with Crippen molar-refractivity contribution in [3.05, 3.63) is 54.9 Å². The van der Waals surface area contributed by atoms with E-state index in [0.717, 1.165) is 56.6 Å². The second-order valence-corrected chi connectivity index (χ2v) is 24.3. The fourth-order valence-electron chi connectivity index (χ4n) is 11.5. The van der Waals surface area contributed by atoms with Crippen LogP contribution in [0.4, 0.5) is 0 Å². The van der Waals surface area contributed by atoms with Gasteiger partial charge in [-0.15, -0.1) is 35.5 Å². The smallest absolute Gasteiger partial charge is 0.261 e. The third kappa shape index (κ3) is 22.0. The SMILES string of the molecule is C#Cc1ccc(C2=C3C(=O)N(CC(CCCCCCCCCC)CCCCCCCCCCCC)C(c4ccc(C#C)s4)=C3C(=O)N2CC(CCCCCCCCCC)CCCCCCCCCCCC)s1. The summed E-state index contributed by atoms with van der Waals surface area (Å²) in [5.41, 5.74) is 2.76. The molecule has 0 aromatic carbocycles. The Morgan fingerprint density at radius 3 is 0.833 bits per heavy atom. The van der Waals surface area contributed by atoms with Crippen LogP contribution in [0, 0.1) is 36.5 Å². The van der Waals surface area contributed by atoms with E-state index in [1.807, 2.05) is 21.9 Å². The van der Waals surface area contributed by atoms with Crippen LogP contribution in [0.25, 0.3) is 11.4 Å². The molecular weight excluding hydrogens is 917 g/mol. The molecule has 0 saturated heterocycles. The van der Waals surface area contributed by atoms with Crippen LogP contribution < -0.4 is 0 Å². The van der Waals surface area contributed by atoms with E-state index in [0.29, 0.717) is 36.1 Å². The second-order valence-electron chi connectivity index (χ2n) is 22.1. The minimum atomic E-state index is -0.0181. The summed E-state index contributed by atoms with van der Waals surface area (Å²) in [6.45, 7) is 10.4. The largest absolute Gasteiger partial charge is 0.306 e. The Morgan fingerprint density at radius 2 is 0.611 bits per heavy atom. The highest BCUT2D eigenvalue weighted by Gasteiger charge is 2.50. The molecule has 0 radical (unpaired) electrons. The van der Waals surface area contributed by atoms with Crippen molar-refractivity contribution in [3.8, 4) is 24.7 Å². The number of rotatable bonds is 46. The average Bonchev–Trinajstić information content (AvgIpc) is 4.19. The van der Waals surface area contributed by atoms with Gasteiger partial charge < -0.3 is 9.80 Å². The van der Waals surface area contributed by atoms with E-state index in [1.54, 1.807) is 22.7 Å². The number of nitrogens with zero attached hydrogens (tertiary/aromatic N) is 2. The van der Waals surface area contributed by atoms with Crippen molar-refractivity contribution in [3.63, 3.8) is 0 Å². The summed E-state index contributed by atoms with van der Waals surface area (Å²) in [5, 5.41) is 0. The van der Waals surface area contributed by atoms with Crippen molar-refractivity contribution in [2.24, 2.45) is 11.8 Å². The summed E-state index contributed by atoms with van der Waals surface area (Å²) in [6.07, 6.45) is 63.5. The fraction of sp³-hybridized carbons (Fsp3) is 0.727. The van der Waals surface area contributed by atoms with Crippen molar-refractivity contribution < 1.29 is 9.59 Å². The van der Waals surface area contributed by atoms with Gasteiger partial charge in [0.25, 0.3) is 11.8 Å². The Morgan fingerprint density at radius 1 is 0.375 bits per heavy atom. The minimum Gasteiger partial charge on any atom is -0.306 e. The van der Waals surface area contributed by atoms with Crippen molar-refractivity contribution >= 4 is 45.9 Å². The number of amides is 2. The topological polar surface area (TPSA) is 40.6 Å². The van der Waals surface area contributed by atoms with E-state index in [2.05, 4.69) is 51.7 Å². The number of hydrogen-bond acceptors (Lipinski definition) is 4. The summed E-state index contributed by atoms with van der Waals surface area (Å²) >= 11 is 3.08. The molecule has 0 N–H and O–H groups in total. The van der Waals surface area contributed by atoms with Crippen LogP contribution in [0.1, 0.15) is 304 Å². The monoisotopic (exact) mass is 1020 g/mol. The number of fused-ring (bicyclic) bond motifs is 1. The maximum Gasteiger partial charge on any atom is 0.261 e. The molecule has 4 heterocycles. The molecule has 2 atom stereocenters. The predicted molar refractivity (Wildman–Crippen MR) is 316 cm³/mol. The molecule has 0 fully saturated rings. The van der Waals surface area contributed by atoms with Gasteiger partial charge in [-0.2, -0.15) is 0 Å². The Bertz CT molecular complexity index is 1800. The molecule has 402 valence electrons. The van der Waals surface area contributed by atoms with E-state index >= 15 is 9.59 Å². The molecule has 2 aromatic heterocycles. The molecule has 2 unspecified atom stereocenters. The number of thiophene rings is 2. The average molecular weight is 1020 g/mol. The summed E-state index contributed by atoms with van der Waals surface area (Å²) in [7, 11) is 0. The Hall–Kier alpha value is -3.06. The lowest BCUT2D eigenvalue weighted by molar-refractivity contribution is -0.124. The first-order valence-corrected chi connectivity index (χ1v) is 32.3. The van der Waals surface area contributed by atoms with Crippen molar-refractivity contribution in [2.75, 3.05) is 13.1 Å². The first-order valence-electron chi connectivity index (χ1n) is 30.7. The zero-order chi connectivity index (χ0) is 51.4. The highest BCUT2D eigenvalue weighted by atomic mass is 32.1. The third-order valence-electron chi connectivity index (χ3n) is 15.9. The number of unbranched alkanes of at least 4 members (excludes halogenated alkanes) is 32. The zero-order valence-electron chi connectivity index (χ0n) is 46.8. The van der Waals surface area contributed by atoms with Gasteiger partial charge in [-0.25, -0.2) is 0 Å². The van der Waals surface area contributed by atoms with Gasteiger partial charge in [0.05, 0.1) is 42.0 Å². The van der Waals surface area contributed by atoms with Crippen LogP contribution >= 0.6 is 22.7 Å². The van der Waals surface area contributed by atoms with Gasteiger partial charge in [-0.1, -0.05) is 271 Å². The molecule has 0 spiro atoms. The summed E-state index contributed by atoms with van der Waals surface area (Å²) in [4.78, 5) is 38.7. The van der Waals surface area contributed by atoms with Gasteiger partial charge >= 0.3 is 0 Å². The van der Waals surface area contributed by atoms with Gasteiger partial charge in [0.1, 0.15) is 0 Å². The van der Waals surface area contributed by atoms with E-state index in [4.69, 9.17) is 12.8 Å². The summed E-state index contributed by atoms with van der Waals surface area (Å²) in [5.74, 6) is 6.42. The molecule has 4 rings (SSSR count). The van der Waals surface area contributed by atoms with Crippen LogP contribution in [-0.2, 0) is 9.59 Å². The molecule has 2 aromatic rings. The van der Waals surface area contributed by atoms with E-state index in [9.17, 15) is 0 Å². The lowest BCUT2D eigenvalue weighted by Gasteiger charge is -2.29. The van der Waals surface area contributed by atoms with Crippen LogP contribution in [0.2, 0.25) is 0 Å². The molecule has 4 nitrogen and oxygen atoms in total. The molecule has 2 aliphatic rings. The first kappa shape index (κ1) is 61.5. The van der Waals surface area contributed by atoms with Gasteiger partial charge in [-0.3, -0.25) is 9.59 Å². The zero-order valence-corrected chi connectivity index (χ0v) is 48.5. The van der Waals surface area contributed by atoms with Gasteiger partial charge in [0, 0.05) is 13.1 Å². The maximum atomic E-state index is 15.5. The molecule has 2 amide bonds. The standard InChI is InChI=1S/C66H104N2O2S2/c1-7-13-17-21-25-29-31-35-39-43-47-55(45-41-37-33-27-23-19-15-9-3)53-67-63(59-51-49-57(11-5)71-59)61-62(65(67)69)64(60-52-50-58(12-6)72-60)68(66(61)70)54-56(46-42-38-34-28-24-20-16-10-4)48-44-40-36-32-30-26-22-18-14-8-2/h5-6,49-52,55-56H,7-10,13-48,53-54H2,1-4H3. The third-order valence-corrected chi connectivity index (χ3v) is 17.9. The minimum absolute atomic E-state index is 0.0181. The predicted octanol–water partition coefficient (Wildman–Crippen LogP) is 20.5. The number of carbonyl (C=O) groups is 2. The lowest BCUT2D eigenvalue weighted by Crippen LogP contribution is -2.34. The molecule has 72 heavy (non-hydrogen) atoms. The molecule has 0 aliphatic carbocycles. The molecule has 0 saturated carbocycles. The van der Waals surface area contributed by atoms with E-state index in [1.165, 1.54) is 231 Å². The van der Waals surface area contributed by atoms with Crippen LogP contribution in [-0.4, -0.2) is 34.7 Å². The van der Waals surface area contributed by atoms with E-state index < -0.39 is 0 Å². The van der Waals surface area contributed by atoms with Crippen LogP contribution in [0.3, 0.4) is 0 Å². The summed E-state index contributed by atoms with van der Waals surface area (Å²) in [6, 6.07) is 8.11. The van der Waals surface area contributed by atoms with Gasteiger partial charge in [0.2, 0.25) is 0 Å². The van der Waals surface area contributed by atoms with E-state index in [-0.39, 0.29) is 11.8 Å². The lowest BCUT2D eigenvalue weighted by atomic mass is 9.93. The fourth-order valence-corrected chi connectivity index (χ4v) is 13.2. The van der Waals surface area contributed by atoms with Crippen molar-refractivity contribution in [2.45, 2.75) is 285 Å². The first-order chi connectivity index (χ1) is 35.4. The Balaban J connectivity index is 1.61. The van der Waals surface area contributed by atoms with Crippen LogP contribution in [0.5, 0.6) is 0 Å². The number of terminal acetylenes is 2. The number of carbonyl (C=O) groups excluding carboxylic acids is 2. The summed E-state index contributed by atoms with van der Waals surface area (Å²) < 4.78 is 0. The quantitative estimate of drug-likeness (QED) is 0.0490. The van der Waals surface area contributed by atoms with Gasteiger partial charge in [0.15, 0.2) is 0 Å². The molecule has 0 bridgehead atoms. The van der Waals surface area contributed by atoms with Crippen molar-refractivity contribution in [1.82, 2.24) is 9.80 Å². The van der Waals surface area contributed by atoms with Gasteiger partial charge in [-0.05, 0) is 61.8 Å². The highest BCUT2D eigenvalue weighted by Crippen LogP contribution is 2.49. The molecular formula is C66H104N2O2S2. The Kier molecular flexibility index (Phi) is 32.9. The Labute approximate surface area is 451 Å². The maximum absolute atomic E-state index is 15.5. The van der Waals surface area contributed by atoms with Crippen LogP contribution in [0.15, 0.2) is 35.4 Å². The normalized spacial score (nSPS) is 14.5. The van der Waals surface area contributed by atoms with Crippen molar-refractivity contribution in [1.29, 1.82) is 0 Å². The highest BCUT2D eigenvalue weighted by molar-refractivity contribution is 7.14. The number of hydrogen-bond donors (Lipinski definition) is 0. The second kappa shape index (κ2) is 38.5. The molecule has 6 heteroatoms. The molecule has 2 aliphatic heterocycles.